The number of halogens is 1. The van der Waals surface area contributed by atoms with E-state index in [0.717, 1.165) is 11.1 Å². The molecule has 0 aliphatic rings. The molecular formula is C30H34FN5O5. The van der Waals surface area contributed by atoms with Crippen LogP contribution in [0.5, 0.6) is 5.75 Å². The molecule has 3 rings (SSSR count). The Morgan fingerprint density at radius 2 is 1.22 bits per heavy atom. The summed E-state index contributed by atoms with van der Waals surface area (Å²) in [6.07, 6.45) is 0.298. The predicted molar refractivity (Wildman–Crippen MR) is 151 cm³/mol. The van der Waals surface area contributed by atoms with E-state index in [-0.39, 0.29) is 25.0 Å². The van der Waals surface area contributed by atoms with Crippen molar-refractivity contribution in [1.82, 2.24) is 16.0 Å². The molecule has 11 heteroatoms. The summed E-state index contributed by atoms with van der Waals surface area (Å²) in [7, 11) is 0. The Labute approximate surface area is 237 Å². The molecular weight excluding hydrogens is 529 g/mol. The summed E-state index contributed by atoms with van der Waals surface area (Å²) in [5, 5.41) is 17.2. The number of carbonyl (C=O) groups is 4. The number of phenolic OH excluding ortho intramolecular Hbond substituents is 1. The fraction of sp³-hybridized carbons (Fsp3) is 0.267. The zero-order valence-corrected chi connectivity index (χ0v) is 22.5. The Morgan fingerprint density at radius 3 is 1.83 bits per heavy atom. The molecule has 0 saturated carbocycles. The Balaban J connectivity index is 1.68. The lowest BCUT2D eigenvalue weighted by Gasteiger charge is -2.24. The van der Waals surface area contributed by atoms with Gasteiger partial charge in [-0.3, -0.25) is 19.2 Å². The minimum absolute atomic E-state index is 0.0181. The molecule has 41 heavy (non-hydrogen) atoms. The molecule has 3 aromatic carbocycles. The predicted octanol–water partition coefficient (Wildman–Crippen LogP) is 0.846. The first-order valence-corrected chi connectivity index (χ1v) is 13.0. The number of benzene rings is 3. The molecule has 0 heterocycles. The molecule has 0 unspecified atom stereocenters. The molecule has 216 valence electrons. The van der Waals surface area contributed by atoms with Gasteiger partial charge in [-0.1, -0.05) is 54.6 Å². The van der Waals surface area contributed by atoms with Crippen LogP contribution < -0.4 is 27.4 Å². The lowest BCUT2D eigenvalue weighted by molar-refractivity contribution is -0.133. The van der Waals surface area contributed by atoms with Gasteiger partial charge in [0.2, 0.25) is 23.6 Å². The Bertz CT molecular complexity index is 1340. The summed E-state index contributed by atoms with van der Waals surface area (Å²) in [5.74, 6) is -3.07. The zero-order chi connectivity index (χ0) is 29.9. The van der Waals surface area contributed by atoms with Crippen molar-refractivity contribution in [3.8, 4) is 5.75 Å². The monoisotopic (exact) mass is 563 g/mol. The first-order chi connectivity index (χ1) is 19.5. The number of nitrogens with one attached hydrogen (secondary N) is 3. The van der Waals surface area contributed by atoms with Crippen LogP contribution in [0.25, 0.3) is 0 Å². The summed E-state index contributed by atoms with van der Waals surface area (Å²) < 4.78 is 13.4. The SMILES string of the molecule is C[C@@H](NC(=O)[C@@H](N)Cc1ccc(O)cc1)C(=O)N[C@@H](Cc1ccc(F)cc1)C(=O)N[C@@H](Cc1ccccc1)C(N)=O. The third-order valence-electron chi connectivity index (χ3n) is 6.41. The molecule has 0 radical (unpaired) electrons. The van der Waals surface area contributed by atoms with Gasteiger partial charge in [-0.2, -0.15) is 0 Å². The number of hydrogen-bond acceptors (Lipinski definition) is 6. The highest BCUT2D eigenvalue weighted by Gasteiger charge is 2.28. The van der Waals surface area contributed by atoms with Crippen LogP contribution in [0.2, 0.25) is 0 Å². The molecule has 0 saturated heterocycles. The highest BCUT2D eigenvalue weighted by Crippen LogP contribution is 2.11. The van der Waals surface area contributed by atoms with Gasteiger partial charge in [0.15, 0.2) is 0 Å². The van der Waals surface area contributed by atoms with Crippen LogP contribution in [-0.2, 0) is 38.4 Å². The van der Waals surface area contributed by atoms with Gasteiger partial charge in [-0.15, -0.1) is 0 Å². The van der Waals surface area contributed by atoms with Gasteiger partial charge >= 0.3 is 0 Å². The number of amides is 4. The van der Waals surface area contributed by atoms with Crippen molar-refractivity contribution in [2.75, 3.05) is 0 Å². The van der Waals surface area contributed by atoms with Gasteiger partial charge in [-0.25, -0.2) is 4.39 Å². The Kier molecular flexibility index (Phi) is 10.9. The van der Waals surface area contributed by atoms with Crippen molar-refractivity contribution in [2.24, 2.45) is 11.5 Å². The van der Waals surface area contributed by atoms with E-state index in [0.29, 0.717) is 5.56 Å². The second-order valence-corrected chi connectivity index (χ2v) is 9.75. The minimum Gasteiger partial charge on any atom is -0.508 e. The van der Waals surface area contributed by atoms with Gasteiger partial charge in [0.25, 0.3) is 0 Å². The topological polar surface area (TPSA) is 177 Å². The number of hydrogen-bond donors (Lipinski definition) is 6. The Hall–Kier alpha value is -4.77. The first kappa shape index (κ1) is 30.8. The second-order valence-electron chi connectivity index (χ2n) is 9.75. The van der Waals surface area contributed by atoms with E-state index >= 15 is 0 Å². The van der Waals surface area contributed by atoms with Gasteiger partial charge in [0.05, 0.1) is 6.04 Å². The number of carbonyl (C=O) groups excluding carboxylic acids is 4. The molecule has 0 bridgehead atoms. The van der Waals surface area contributed by atoms with Crippen LogP contribution in [0.1, 0.15) is 23.6 Å². The largest absolute Gasteiger partial charge is 0.508 e. The molecule has 0 aromatic heterocycles. The first-order valence-electron chi connectivity index (χ1n) is 13.0. The van der Waals surface area contributed by atoms with Crippen LogP contribution in [-0.4, -0.2) is 52.9 Å². The molecule has 4 amide bonds. The fourth-order valence-electron chi connectivity index (χ4n) is 4.07. The van der Waals surface area contributed by atoms with E-state index in [4.69, 9.17) is 11.5 Å². The zero-order valence-electron chi connectivity index (χ0n) is 22.5. The average molecular weight is 564 g/mol. The van der Waals surface area contributed by atoms with Crippen molar-refractivity contribution in [3.63, 3.8) is 0 Å². The molecule has 0 fully saturated rings. The summed E-state index contributed by atoms with van der Waals surface area (Å²) in [5.41, 5.74) is 13.6. The summed E-state index contributed by atoms with van der Waals surface area (Å²) in [6.45, 7) is 1.44. The minimum atomic E-state index is -1.17. The van der Waals surface area contributed by atoms with Gasteiger partial charge in [0.1, 0.15) is 29.7 Å². The second kappa shape index (κ2) is 14.6. The molecule has 0 spiro atoms. The quantitative estimate of drug-likeness (QED) is 0.180. The van der Waals surface area contributed by atoms with Crippen molar-refractivity contribution in [1.29, 1.82) is 0 Å². The Morgan fingerprint density at radius 1 is 0.707 bits per heavy atom. The lowest BCUT2D eigenvalue weighted by atomic mass is 10.0. The van der Waals surface area contributed by atoms with E-state index in [9.17, 15) is 28.7 Å². The molecule has 4 atom stereocenters. The third-order valence-corrected chi connectivity index (χ3v) is 6.41. The average Bonchev–Trinajstić information content (AvgIpc) is 2.95. The van der Waals surface area contributed by atoms with Gasteiger partial charge < -0.3 is 32.5 Å². The highest BCUT2D eigenvalue weighted by atomic mass is 19.1. The van der Waals surface area contributed by atoms with Crippen LogP contribution in [0.15, 0.2) is 78.9 Å². The van der Waals surface area contributed by atoms with Crippen LogP contribution >= 0.6 is 0 Å². The van der Waals surface area contributed by atoms with E-state index in [1.807, 2.05) is 6.07 Å². The lowest BCUT2D eigenvalue weighted by Crippen LogP contribution is -2.57. The van der Waals surface area contributed by atoms with Crippen molar-refractivity contribution < 1.29 is 28.7 Å². The normalized spacial score (nSPS) is 13.7. The number of rotatable bonds is 13. The third kappa shape index (κ3) is 9.73. The van der Waals surface area contributed by atoms with E-state index in [1.54, 1.807) is 36.4 Å². The number of phenols is 1. The number of aromatic hydroxyl groups is 1. The molecule has 0 aliphatic carbocycles. The number of nitrogens with two attached hydrogens (primary N) is 2. The fourth-order valence-corrected chi connectivity index (χ4v) is 4.07. The van der Waals surface area contributed by atoms with E-state index in [2.05, 4.69) is 16.0 Å². The van der Waals surface area contributed by atoms with Crippen LogP contribution in [0, 0.1) is 5.82 Å². The van der Waals surface area contributed by atoms with E-state index in [1.165, 1.54) is 43.3 Å². The summed E-state index contributed by atoms with van der Waals surface area (Å²) in [6, 6.07) is 16.4. The summed E-state index contributed by atoms with van der Waals surface area (Å²) in [4.78, 5) is 51.1. The molecule has 3 aromatic rings. The van der Waals surface area contributed by atoms with Crippen molar-refractivity contribution in [3.05, 3.63) is 101 Å². The standard InChI is InChI=1S/C30H34FN5O5/c1-18(34-29(40)24(32)15-20-9-13-23(37)14-10-20)28(39)36-26(17-21-7-11-22(31)12-8-21)30(41)35-25(27(33)38)16-19-5-3-2-4-6-19/h2-14,18,24-26,37H,15-17,32H2,1H3,(H2,33,38)(H,34,40)(H,35,41)(H,36,39)/t18-,24+,25+,26+/m1/s1. The van der Waals surface area contributed by atoms with Gasteiger partial charge in [0, 0.05) is 12.8 Å². The van der Waals surface area contributed by atoms with Crippen LogP contribution in [0.3, 0.4) is 0 Å². The maximum absolute atomic E-state index is 13.4. The molecule has 0 aliphatic heterocycles. The maximum Gasteiger partial charge on any atom is 0.243 e. The van der Waals surface area contributed by atoms with Crippen LogP contribution in [0.4, 0.5) is 4.39 Å². The number of primary amides is 1. The maximum atomic E-state index is 13.4. The molecule has 10 nitrogen and oxygen atoms in total. The summed E-state index contributed by atoms with van der Waals surface area (Å²) >= 11 is 0. The van der Waals surface area contributed by atoms with E-state index < -0.39 is 53.6 Å². The van der Waals surface area contributed by atoms with Gasteiger partial charge in [-0.05, 0) is 54.3 Å². The highest BCUT2D eigenvalue weighted by molar-refractivity contribution is 5.94. The molecule has 8 N–H and O–H groups in total. The smallest absolute Gasteiger partial charge is 0.243 e. The van der Waals surface area contributed by atoms with Crippen molar-refractivity contribution in [2.45, 2.75) is 50.4 Å². The van der Waals surface area contributed by atoms with Crippen molar-refractivity contribution >= 4 is 23.6 Å².